The van der Waals surface area contributed by atoms with E-state index in [2.05, 4.69) is 11.5 Å². The van der Waals surface area contributed by atoms with Crippen molar-refractivity contribution in [2.45, 2.75) is 38.1 Å². The Bertz CT molecular complexity index is 269. The lowest BCUT2D eigenvalue weighted by Gasteiger charge is -2.25. The SMILES string of the molecule is C=CCCCN1CCCC(N(C)CC(=O)O)CC1. The lowest BCUT2D eigenvalue weighted by molar-refractivity contribution is -0.138. The molecule has 0 amide bonds. The zero-order valence-corrected chi connectivity index (χ0v) is 11.5. The van der Waals surface area contributed by atoms with Crippen molar-refractivity contribution < 1.29 is 9.90 Å². The van der Waals surface area contributed by atoms with Crippen molar-refractivity contribution in [2.75, 3.05) is 33.2 Å². The third-order valence-corrected chi connectivity index (χ3v) is 3.68. The quantitative estimate of drug-likeness (QED) is 0.556. The summed E-state index contributed by atoms with van der Waals surface area (Å²) in [4.78, 5) is 15.2. The molecule has 1 aliphatic rings. The maximum absolute atomic E-state index is 10.7. The van der Waals surface area contributed by atoms with Crippen LogP contribution >= 0.6 is 0 Å². The molecule has 104 valence electrons. The van der Waals surface area contributed by atoms with E-state index >= 15 is 0 Å². The molecule has 0 radical (unpaired) electrons. The Kier molecular flexibility index (Phi) is 6.98. The Morgan fingerprint density at radius 3 is 2.94 bits per heavy atom. The Morgan fingerprint density at radius 1 is 1.50 bits per heavy atom. The van der Waals surface area contributed by atoms with E-state index in [1.807, 2.05) is 18.0 Å². The number of carbonyl (C=O) groups is 1. The minimum Gasteiger partial charge on any atom is -0.480 e. The number of hydrogen-bond donors (Lipinski definition) is 1. The average molecular weight is 254 g/mol. The van der Waals surface area contributed by atoms with E-state index in [1.165, 1.54) is 12.8 Å². The number of aliphatic carboxylic acids is 1. The number of carboxylic acid groups (broad SMARTS) is 1. The maximum atomic E-state index is 10.7. The fourth-order valence-electron chi connectivity index (χ4n) is 2.60. The number of hydrogen-bond acceptors (Lipinski definition) is 3. The Balaban J connectivity index is 2.31. The molecule has 1 rings (SSSR count). The van der Waals surface area contributed by atoms with E-state index in [9.17, 15) is 4.79 Å². The van der Waals surface area contributed by atoms with Gasteiger partial charge in [0.1, 0.15) is 0 Å². The van der Waals surface area contributed by atoms with Gasteiger partial charge in [-0.3, -0.25) is 9.69 Å². The van der Waals surface area contributed by atoms with Gasteiger partial charge < -0.3 is 10.0 Å². The molecule has 0 bridgehead atoms. The summed E-state index contributed by atoms with van der Waals surface area (Å²) in [7, 11) is 1.92. The summed E-state index contributed by atoms with van der Waals surface area (Å²) in [5.41, 5.74) is 0. The second-order valence-corrected chi connectivity index (χ2v) is 5.17. The number of rotatable bonds is 7. The Labute approximate surface area is 110 Å². The summed E-state index contributed by atoms with van der Waals surface area (Å²) < 4.78 is 0. The second kappa shape index (κ2) is 8.27. The molecule has 0 aromatic carbocycles. The van der Waals surface area contributed by atoms with Crippen LogP contribution in [0.5, 0.6) is 0 Å². The first-order valence-electron chi connectivity index (χ1n) is 6.88. The fourth-order valence-corrected chi connectivity index (χ4v) is 2.60. The molecule has 4 nitrogen and oxygen atoms in total. The monoisotopic (exact) mass is 254 g/mol. The molecule has 0 spiro atoms. The van der Waals surface area contributed by atoms with Gasteiger partial charge in [-0.05, 0) is 58.8 Å². The standard InChI is InChI=1S/C14H26N2O2/c1-3-4-5-9-16-10-6-7-13(8-11-16)15(2)12-14(17)18/h3,13H,1,4-12H2,2H3,(H,17,18). The molecule has 4 heteroatoms. The van der Waals surface area contributed by atoms with Crippen molar-refractivity contribution in [2.24, 2.45) is 0 Å². The van der Waals surface area contributed by atoms with Gasteiger partial charge in [0.2, 0.25) is 0 Å². The van der Waals surface area contributed by atoms with E-state index in [0.717, 1.165) is 38.9 Å². The van der Waals surface area contributed by atoms with E-state index in [1.54, 1.807) is 0 Å². The van der Waals surface area contributed by atoms with Gasteiger partial charge in [-0.15, -0.1) is 6.58 Å². The highest BCUT2D eigenvalue weighted by molar-refractivity contribution is 5.69. The first-order chi connectivity index (χ1) is 8.63. The van der Waals surface area contributed by atoms with Crippen LogP contribution in [-0.4, -0.2) is 60.1 Å². The van der Waals surface area contributed by atoms with E-state index in [0.29, 0.717) is 6.04 Å². The molecule has 0 saturated carbocycles. The molecule has 1 atom stereocenters. The van der Waals surface area contributed by atoms with E-state index in [4.69, 9.17) is 5.11 Å². The number of unbranched alkanes of at least 4 members (excludes halogenated alkanes) is 1. The summed E-state index contributed by atoms with van der Waals surface area (Å²) in [6, 6.07) is 0.422. The minimum absolute atomic E-state index is 0.154. The van der Waals surface area contributed by atoms with Crippen LogP contribution in [0.2, 0.25) is 0 Å². The van der Waals surface area contributed by atoms with Crippen LogP contribution in [0.4, 0.5) is 0 Å². The molecular weight excluding hydrogens is 228 g/mol. The first-order valence-corrected chi connectivity index (χ1v) is 6.88. The summed E-state index contributed by atoms with van der Waals surface area (Å²) >= 11 is 0. The van der Waals surface area contributed by atoms with Crippen molar-refractivity contribution in [3.8, 4) is 0 Å². The molecule has 18 heavy (non-hydrogen) atoms. The molecule has 0 aromatic rings. The summed E-state index contributed by atoms with van der Waals surface area (Å²) in [6.45, 7) is 7.27. The average Bonchev–Trinajstić information content (AvgIpc) is 2.54. The zero-order valence-electron chi connectivity index (χ0n) is 11.5. The lowest BCUT2D eigenvalue weighted by Crippen LogP contribution is -2.36. The zero-order chi connectivity index (χ0) is 13.4. The van der Waals surface area contributed by atoms with Gasteiger partial charge in [-0.2, -0.15) is 0 Å². The molecule has 0 aromatic heterocycles. The van der Waals surface area contributed by atoms with Crippen molar-refractivity contribution in [1.82, 2.24) is 9.80 Å². The molecule has 0 aliphatic carbocycles. The molecule has 1 heterocycles. The van der Waals surface area contributed by atoms with Crippen LogP contribution in [0, 0.1) is 0 Å². The second-order valence-electron chi connectivity index (χ2n) is 5.17. The molecule has 1 saturated heterocycles. The number of nitrogens with zero attached hydrogens (tertiary/aromatic N) is 2. The lowest BCUT2D eigenvalue weighted by atomic mass is 10.1. The van der Waals surface area contributed by atoms with Crippen LogP contribution in [0.25, 0.3) is 0 Å². The van der Waals surface area contributed by atoms with Crippen LogP contribution in [-0.2, 0) is 4.79 Å². The van der Waals surface area contributed by atoms with Gasteiger partial charge in [0.25, 0.3) is 0 Å². The maximum Gasteiger partial charge on any atom is 0.317 e. The topological polar surface area (TPSA) is 43.8 Å². The number of likely N-dealkylation sites (tertiary alicyclic amines) is 1. The fraction of sp³-hybridized carbons (Fsp3) is 0.786. The normalized spacial score (nSPS) is 21.8. The van der Waals surface area contributed by atoms with E-state index < -0.39 is 5.97 Å². The Hall–Kier alpha value is -0.870. The summed E-state index contributed by atoms with van der Waals surface area (Å²) in [5, 5.41) is 8.82. The highest BCUT2D eigenvalue weighted by Crippen LogP contribution is 2.16. The highest BCUT2D eigenvalue weighted by Gasteiger charge is 2.21. The van der Waals surface area contributed by atoms with Gasteiger partial charge in [-0.25, -0.2) is 0 Å². The van der Waals surface area contributed by atoms with Gasteiger partial charge in [0.15, 0.2) is 0 Å². The number of allylic oxidation sites excluding steroid dienone is 1. The summed E-state index contributed by atoms with van der Waals surface area (Å²) in [6.07, 6.45) is 7.60. The van der Waals surface area contributed by atoms with Crippen LogP contribution < -0.4 is 0 Å². The molecular formula is C14H26N2O2. The third-order valence-electron chi connectivity index (χ3n) is 3.68. The smallest absolute Gasteiger partial charge is 0.317 e. The van der Waals surface area contributed by atoms with Crippen molar-refractivity contribution in [1.29, 1.82) is 0 Å². The Morgan fingerprint density at radius 2 is 2.28 bits per heavy atom. The molecule has 1 unspecified atom stereocenters. The van der Waals surface area contributed by atoms with Crippen LogP contribution in [0.15, 0.2) is 12.7 Å². The van der Waals surface area contributed by atoms with Gasteiger partial charge >= 0.3 is 5.97 Å². The highest BCUT2D eigenvalue weighted by atomic mass is 16.4. The number of carboxylic acids is 1. The number of likely N-dealkylation sites (N-methyl/N-ethyl adjacent to an activating group) is 1. The molecule has 1 N–H and O–H groups in total. The molecule has 1 fully saturated rings. The van der Waals surface area contributed by atoms with Gasteiger partial charge in [0.05, 0.1) is 6.54 Å². The summed E-state index contributed by atoms with van der Waals surface area (Å²) in [5.74, 6) is -0.732. The van der Waals surface area contributed by atoms with Crippen LogP contribution in [0.3, 0.4) is 0 Å². The largest absolute Gasteiger partial charge is 0.480 e. The van der Waals surface area contributed by atoms with Gasteiger partial charge in [-0.1, -0.05) is 6.08 Å². The molecule has 1 aliphatic heterocycles. The predicted octanol–water partition coefficient (Wildman–Crippen LogP) is 1.82. The van der Waals surface area contributed by atoms with Crippen molar-refractivity contribution in [3.63, 3.8) is 0 Å². The third kappa shape index (κ3) is 5.65. The predicted molar refractivity (Wildman–Crippen MR) is 73.8 cm³/mol. The van der Waals surface area contributed by atoms with Crippen molar-refractivity contribution >= 4 is 5.97 Å². The minimum atomic E-state index is -0.732. The van der Waals surface area contributed by atoms with Crippen LogP contribution in [0.1, 0.15) is 32.1 Å². The van der Waals surface area contributed by atoms with Crippen molar-refractivity contribution in [3.05, 3.63) is 12.7 Å². The van der Waals surface area contributed by atoms with Gasteiger partial charge in [0, 0.05) is 6.04 Å². The first kappa shape index (κ1) is 15.2. The van der Waals surface area contributed by atoms with E-state index in [-0.39, 0.29) is 6.54 Å².